The number of halogens is 2. The number of hydrogen-bond donors (Lipinski definition) is 1. The molecule has 0 amide bonds. The molecule has 34 heavy (non-hydrogen) atoms. The summed E-state index contributed by atoms with van der Waals surface area (Å²) in [6, 6.07) is 6.94. The summed E-state index contributed by atoms with van der Waals surface area (Å²) in [5.74, 6) is -2.76. The number of ether oxygens (including phenoxy) is 2. The summed E-state index contributed by atoms with van der Waals surface area (Å²) < 4.78 is 66.8. The third kappa shape index (κ3) is 4.39. The minimum Gasteiger partial charge on any atom is -0.480 e. The van der Waals surface area contributed by atoms with Crippen LogP contribution in [-0.2, 0) is 14.8 Å². The van der Waals surface area contributed by atoms with E-state index < -0.39 is 32.5 Å². The quantitative estimate of drug-likeness (QED) is 0.395. The number of carbonyl (C=O) groups is 1. The Balaban J connectivity index is 1.75. The van der Waals surface area contributed by atoms with Gasteiger partial charge in [-0.2, -0.15) is 0 Å². The minimum absolute atomic E-state index is 0.0641. The van der Waals surface area contributed by atoms with Crippen molar-refractivity contribution in [1.82, 2.24) is 14.4 Å². The molecule has 3 heterocycles. The van der Waals surface area contributed by atoms with Gasteiger partial charge in [0.05, 0.1) is 19.9 Å². The van der Waals surface area contributed by atoms with Gasteiger partial charge in [-0.25, -0.2) is 32.0 Å². The molecule has 1 N–H and O–H groups in total. The number of fused-ring (bicyclic) bond motifs is 1. The topological polar surface area (TPSA) is 112 Å². The van der Waals surface area contributed by atoms with Gasteiger partial charge in [-0.15, -0.1) is 0 Å². The first-order valence-corrected chi connectivity index (χ1v) is 11.4. The van der Waals surface area contributed by atoms with Crippen molar-refractivity contribution in [3.05, 3.63) is 72.3 Å². The Kier molecular flexibility index (Phi) is 6.16. The van der Waals surface area contributed by atoms with Crippen molar-refractivity contribution < 1.29 is 31.5 Å². The van der Waals surface area contributed by atoms with Crippen LogP contribution in [0.5, 0.6) is 5.88 Å². The van der Waals surface area contributed by atoms with Crippen LogP contribution in [0.3, 0.4) is 0 Å². The van der Waals surface area contributed by atoms with E-state index in [0.717, 1.165) is 12.1 Å². The number of anilines is 1. The number of imidazole rings is 1. The second-order valence-electron chi connectivity index (χ2n) is 6.97. The summed E-state index contributed by atoms with van der Waals surface area (Å²) in [4.78, 5) is 19.8. The molecule has 0 saturated heterocycles. The standard InChI is InChI=1S/C22H18F2N4O5S/c1-3-33-22(29)18-11-25-20-7-4-13(12-28(18)20)14-8-17(21(32-2)26-10-14)27-34(30,31)19-6-5-15(23)9-16(19)24/h4-12,27H,3H2,1-2H3. The van der Waals surface area contributed by atoms with Crippen molar-refractivity contribution in [2.24, 2.45) is 0 Å². The predicted molar refractivity (Wildman–Crippen MR) is 118 cm³/mol. The third-order valence-corrected chi connectivity index (χ3v) is 6.19. The lowest BCUT2D eigenvalue weighted by molar-refractivity contribution is 0.0518. The molecule has 176 valence electrons. The largest absolute Gasteiger partial charge is 0.480 e. The first-order valence-electron chi connectivity index (χ1n) is 9.90. The average Bonchev–Trinajstić information content (AvgIpc) is 3.22. The van der Waals surface area contributed by atoms with E-state index in [1.54, 1.807) is 25.3 Å². The van der Waals surface area contributed by atoms with Gasteiger partial charge in [0.25, 0.3) is 10.0 Å². The summed E-state index contributed by atoms with van der Waals surface area (Å²) in [5, 5.41) is 0. The number of rotatable bonds is 7. The number of nitrogens with zero attached hydrogens (tertiary/aromatic N) is 3. The van der Waals surface area contributed by atoms with Crippen LogP contribution in [0.25, 0.3) is 16.8 Å². The molecule has 12 heteroatoms. The first-order chi connectivity index (χ1) is 16.2. The van der Waals surface area contributed by atoms with Crippen molar-refractivity contribution in [3.8, 4) is 17.0 Å². The van der Waals surface area contributed by atoms with Gasteiger partial charge in [-0.05, 0) is 37.3 Å². The van der Waals surface area contributed by atoms with E-state index in [9.17, 15) is 22.0 Å². The molecule has 0 unspecified atom stereocenters. The number of hydrogen-bond acceptors (Lipinski definition) is 7. The van der Waals surface area contributed by atoms with Gasteiger partial charge in [0, 0.05) is 29.6 Å². The maximum Gasteiger partial charge on any atom is 0.356 e. The van der Waals surface area contributed by atoms with Crippen molar-refractivity contribution in [3.63, 3.8) is 0 Å². The van der Waals surface area contributed by atoms with E-state index in [-0.39, 0.29) is 23.9 Å². The Labute approximate surface area is 193 Å². The molecule has 4 rings (SSSR count). The molecule has 1 aromatic carbocycles. The number of carbonyl (C=O) groups excluding carboxylic acids is 1. The minimum atomic E-state index is -4.43. The van der Waals surface area contributed by atoms with E-state index in [4.69, 9.17) is 9.47 Å². The van der Waals surface area contributed by atoms with Crippen molar-refractivity contribution in [2.75, 3.05) is 18.4 Å². The van der Waals surface area contributed by atoms with Crippen LogP contribution in [-0.4, -0.2) is 42.5 Å². The second-order valence-corrected chi connectivity index (χ2v) is 8.62. The van der Waals surface area contributed by atoms with Crippen LogP contribution in [0.15, 0.2) is 59.9 Å². The highest BCUT2D eigenvalue weighted by atomic mass is 32.2. The van der Waals surface area contributed by atoms with E-state index >= 15 is 0 Å². The maximum atomic E-state index is 14.1. The van der Waals surface area contributed by atoms with Crippen molar-refractivity contribution in [1.29, 1.82) is 0 Å². The van der Waals surface area contributed by atoms with Gasteiger partial charge in [0.1, 0.15) is 27.9 Å². The molecule has 4 aromatic rings. The summed E-state index contributed by atoms with van der Waals surface area (Å²) in [7, 11) is -3.14. The first kappa shape index (κ1) is 23.1. The molecule has 0 radical (unpaired) electrons. The number of methoxy groups -OCH3 is 1. The Bertz CT molecular complexity index is 1500. The molecule has 0 atom stereocenters. The number of nitrogens with one attached hydrogen (secondary N) is 1. The zero-order valence-corrected chi connectivity index (χ0v) is 18.8. The van der Waals surface area contributed by atoms with E-state index in [2.05, 4.69) is 14.7 Å². The number of esters is 1. The highest BCUT2D eigenvalue weighted by Crippen LogP contribution is 2.31. The Morgan fingerprint density at radius 3 is 2.59 bits per heavy atom. The van der Waals surface area contributed by atoms with Gasteiger partial charge in [-0.3, -0.25) is 9.12 Å². The van der Waals surface area contributed by atoms with E-state index in [1.165, 1.54) is 30.0 Å². The highest BCUT2D eigenvalue weighted by Gasteiger charge is 2.22. The Morgan fingerprint density at radius 2 is 1.88 bits per heavy atom. The molecule has 3 aromatic heterocycles. The fourth-order valence-electron chi connectivity index (χ4n) is 3.25. The second kappa shape index (κ2) is 9.06. The molecule has 0 aliphatic carbocycles. The van der Waals surface area contributed by atoms with Gasteiger partial charge in [0.2, 0.25) is 5.88 Å². The van der Waals surface area contributed by atoms with Gasteiger partial charge < -0.3 is 9.47 Å². The highest BCUT2D eigenvalue weighted by molar-refractivity contribution is 7.92. The van der Waals surface area contributed by atoms with Crippen LogP contribution < -0.4 is 9.46 Å². The number of sulfonamides is 1. The lowest BCUT2D eigenvalue weighted by Crippen LogP contribution is -2.16. The summed E-state index contributed by atoms with van der Waals surface area (Å²) in [6.45, 7) is 1.89. The molecule has 0 spiro atoms. The molecular formula is C22H18F2N4O5S. The van der Waals surface area contributed by atoms with Crippen LogP contribution in [0.2, 0.25) is 0 Å². The number of benzene rings is 1. The van der Waals surface area contributed by atoms with Crippen LogP contribution in [0.4, 0.5) is 14.5 Å². The normalized spacial score (nSPS) is 11.4. The predicted octanol–water partition coefficient (Wildman–Crippen LogP) is 3.66. The monoisotopic (exact) mass is 488 g/mol. The van der Waals surface area contributed by atoms with Crippen molar-refractivity contribution >= 4 is 27.3 Å². The van der Waals surface area contributed by atoms with Crippen LogP contribution in [0.1, 0.15) is 17.4 Å². The lowest BCUT2D eigenvalue weighted by atomic mass is 10.1. The fourth-order valence-corrected chi connectivity index (χ4v) is 4.35. The Hall–Kier alpha value is -4.06. The Morgan fingerprint density at radius 1 is 1.09 bits per heavy atom. The molecule has 9 nitrogen and oxygen atoms in total. The van der Waals surface area contributed by atoms with Crippen molar-refractivity contribution in [2.45, 2.75) is 11.8 Å². The fraction of sp³-hybridized carbons (Fsp3) is 0.136. The zero-order valence-electron chi connectivity index (χ0n) is 18.0. The lowest BCUT2D eigenvalue weighted by Gasteiger charge is -2.13. The summed E-state index contributed by atoms with van der Waals surface area (Å²) >= 11 is 0. The number of pyridine rings is 2. The van der Waals surface area contributed by atoms with Gasteiger partial charge in [-0.1, -0.05) is 0 Å². The SMILES string of the molecule is CCOC(=O)c1cnc2ccc(-c3cnc(OC)c(NS(=O)(=O)c4ccc(F)cc4F)c3)cn12. The van der Waals surface area contributed by atoms with Gasteiger partial charge >= 0.3 is 5.97 Å². The zero-order chi connectivity index (χ0) is 24.5. The molecular weight excluding hydrogens is 470 g/mol. The molecule has 0 fully saturated rings. The molecule has 0 bridgehead atoms. The molecule has 0 aliphatic rings. The van der Waals surface area contributed by atoms with Crippen LogP contribution in [0, 0.1) is 11.6 Å². The molecule has 0 saturated carbocycles. The third-order valence-electron chi connectivity index (χ3n) is 4.80. The smallest absolute Gasteiger partial charge is 0.356 e. The molecule has 0 aliphatic heterocycles. The number of aromatic nitrogens is 3. The van der Waals surface area contributed by atoms with Gasteiger partial charge in [0.15, 0.2) is 5.69 Å². The average molecular weight is 488 g/mol. The maximum absolute atomic E-state index is 14.1. The summed E-state index contributed by atoms with van der Waals surface area (Å²) in [5.41, 5.74) is 1.68. The summed E-state index contributed by atoms with van der Waals surface area (Å²) in [6.07, 6.45) is 4.45. The van der Waals surface area contributed by atoms with Crippen LogP contribution >= 0.6 is 0 Å². The van der Waals surface area contributed by atoms with E-state index in [1.807, 2.05) is 0 Å². The van der Waals surface area contributed by atoms with E-state index in [0.29, 0.717) is 22.8 Å².